The predicted molar refractivity (Wildman–Crippen MR) is 113 cm³/mol. The molecular formula is C21H17BrN4O3. The van der Waals surface area contributed by atoms with E-state index >= 15 is 0 Å². The summed E-state index contributed by atoms with van der Waals surface area (Å²) in [6, 6.07) is 15.8. The second kappa shape index (κ2) is 8.32. The molecule has 0 saturated carbocycles. The maximum absolute atomic E-state index is 12.6. The van der Waals surface area contributed by atoms with Gasteiger partial charge in [0, 0.05) is 22.4 Å². The van der Waals surface area contributed by atoms with Gasteiger partial charge >= 0.3 is 0 Å². The minimum Gasteiger partial charge on any atom is -0.467 e. The Morgan fingerprint density at radius 3 is 2.79 bits per heavy atom. The van der Waals surface area contributed by atoms with Gasteiger partial charge in [0.2, 0.25) is 0 Å². The normalized spacial score (nSPS) is 10.8. The highest BCUT2D eigenvalue weighted by Gasteiger charge is 2.12. The number of para-hydroxylation sites is 1. The van der Waals surface area contributed by atoms with Crippen molar-refractivity contribution >= 4 is 33.2 Å². The molecule has 0 unspecified atom stereocenters. The van der Waals surface area contributed by atoms with Crippen molar-refractivity contribution in [2.45, 2.75) is 13.1 Å². The molecule has 0 aliphatic heterocycles. The predicted octanol–water partition coefficient (Wildman–Crippen LogP) is 3.59. The molecule has 3 aromatic heterocycles. The van der Waals surface area contributed by atoms with Crippen LogP contribution >= 0.6 is 15.9 Å². The Balaban J connectivity index is 1.50. The SMILES string of the molecule is O=C(NCc1ccco1)c1ccccc1NCc1cc(=O)n2cc(Br)ccc2n1. The van der Waals surface area contributed by atoms with Gasteiger partial charge < -0.3 is 15.1 Å². The fraction of sp³-hybridized carbons (Fsp3) is 0.0952. The number of aromatic nitrogens is 2. The molecule has 4 aromatic rings. The average molecular weight is 453 g/mol. The van der Waals surface area contributed by atoms with Crippen molar-refractivity contribution in [2.75, 3.05) is 5.32 Å². The lowest BCUT2D eigenvalue weighted by Crippen LogP contribution is -2.24. The molecule has 0 radical (unpaired) electrons. The van der Waals surface area contributed by atoms with Crippen molar-refractivity contribution in [1.29, 1.82) is 0 Å². The number of furan rings is 1. The Morgan fingerprint density at radius 1 is 1.10 bits per heavy atom. The second-order valence-corrected chi connectivity index (χ2v) is 7.24. The number of carbonyl (C=O) groups excluding carboxylic acids is 1. The lowest BCUT2D eigenvalue weighted by atomic mass is 10.1. The fourth-order valence-corrected chi connectivity index (χ4v) is 3.25. The van der Waals surface area contributed by atoms with Crippen LogP contribution in [0.25, 0.3) is 5.65 Å². The number of fused-ring (bicyclic) bond motifs is 1. The molecule has 0 aliphatic rings. The first-order chi connectivity index (χ1) is 14.1. The van der Waals surface area contributed by atoms with Gasteiger partial charge in [0.1, 0.15) is 11.4 Å². The van der Waals surface area contributed by atoms with Gasteiger partial charge in [-0.15, -0.1) is 0 Å². The maximum Gasteiger partial charge on any atom is 0.258 e. The smallest absolute Gasteiger partial charge is 0.258 e. The van der Waals surface area contributed by atoms with Gasteiger partial charge in [-0.05, 0) is 52.3 Å². The molecule has 146 valence electrons. The number of hydrogen-bond donors (Lipinski definition) is 2. The summed E-state index contributed by atoms with van der Waals surface area (Å²) in [5, 5.41) is 6.04. The van der Waals surface area contributed by atoms with Crippen LogP contribution in [0.15, 0.2) is 80.7 Å². The van der Waals surface area contributed by atoms with E-state index in [1.807, 2.05) is 18.2 Å². The van der Waals surface area contributed by atoms with Gasteiger partial charge in [-0.2, -0.15) is 0 Å². The Hall–Kier alpha value is -3.39. The number of amides is 1. The number of nitrogens with zero attached hydrogens (tertiary/aromatic N) is 2. The van der Waals surface area contributed by atoms with E-state index in [9.17, 15) is 9.59 Å². The van der Waals surface area contributed by atoms with E-state index in [0.717, 1.165) is 4.47 Å². The lowest BCUT2D eigenvalue weighted by molar-refractivity contribution is 0.0949. The summed E-state index contributed by atoms with van der Waals surface area (Å²) < 4.78 is 7.51. The molecule has 4 rings (SSSR count). The molecule has 0 spiro atoms. The summed E-state index contributed by atoms with van der Waals surface area (Å²) in [5.74, 6) is 0.456. The first kappa shape index (κ1) is 18.9. The van der Waals surface area contributed by atoms with Crippen LogP contribution in [0, 0.1) is 0 Å². The first-order valence-electron chi connectivity index (χ1n) is 8.91. The Morgan fingerprint density at radius 2 is 1.97 bits per heavy atom. The van der Waals surface area contributed by atoms with Gasteiger partial charge in [0.25, 0.3) is 11.5 Å². The molecule has 0 bridgehead atoms. The number of carbonyl (C=O) groups is 1. The highest BCUT2D eigenvalue weighted by atomic mass is 79.9. The summed E-state index contributed by atoms with van der Waals surface area (Å²) in [7, 11) is 0. The Kier molecular flexibility index (Phi) is 5.44. The molecule has 1 aromatic carbocycles. The van der Waals surface area contributed by atoms with Crippen molar-refractivity contribution in [1.82, 2.24) is 14.7 Å². The zero-order valence-corrected chi connectivity index (χ0v) is 16.8. The van der Waals surface area contributed by atoms with E-state index in [-0.39, 0.29) is 11.5 Å². The first-order valence-corrected chi connectivity index (χ1v) is 9.71. The van der Waals surface area contributed by atoms with E-state index < -0.39 is 0 Å². The molecule has 3 heterocycles. The van der Waals surface area contributed by atoms with Crippen molar-refractivity contribution < 1.29 is 9.21 Å². The number of halogens is 1. The van der Waals surface area contributed by atoms with Crippen molar-refractivity contribution in [2.24, 2.45) is 0 Å². The number of nitrogens with one attached hydrogen (secondary N) is 2. The Labute approximate surface area is 174 Å². The summed E-state index contributed by atoms with van der Waals surface area (Å²) >= 11 is 3.35. The number of rotatable bonds is 6. The largest absolute Gasteiger partial charge is 0.467 e. The van der Waals surface area contributed by atoms with Gasteiger partial charge in [-0.3, -0.25) is 14.0 Å². The highest BCUT2D eigenvalue weighted by molar-refractivity contribution is 9.10. The topological polar surface area (TPSA) is 88.6 Å². The van der Waals surface area contributed by atoms with E-state index in [4.69, 9.17) is 4.42 Å². The summed E-state index contributed by atoms with van der Waals surface area (Å²) in [4.78, 5) is 29.4. The zero-order valence-electron chi connectivity index (χ0n) is 15.3. The second-order valence-electron chi connectivity index (χ2n) is 6.32. The Bertz CT molecular complexity index is 1220. The molecule has 2 N–H and O–H groups in total. The molecule has 29 heavy (non-hydrogen) atoms. The minimum atomic E-state index is -0.221. The molecule has 8 heteroatoms. The lowest BCUT2D eigenvalue weighted by Gasteiger charge is -2.12. The third kappa shape index (κ3) is 4.38. The number of benzene rings is 1. The van der Waals surface area contributed by atoms with Crippen molar-refractivity contribution in [3.05, 3.63) is 98.9 Å². The number of pyridine rings is 1. The highest BCUT2D eigenvalue weighted by Crippen LogP contribution is 2.16. The average Bonchev–Trinajstić information content (AvgIpc) is 3.25. The van der Waals surface area contributed by atoms with Crippen molar-refractivity contribution in [3.8, 4) is 0 Å². The molecule has 0 aliphatic carbocycles. The van der Waals surface area contributed by atoms with Gasteiger partial charge in [-0.25, -0.2) is 4.98 Å². The van der Waals surface area contributed by atoms with Crippen LogP contribution in [0.5, 0.6) is 0 Å². The third-order valence-corrected chi connectivity index (χ3v) is 4.78. The molecule has 0 fully saturated rings. The van der Waals surface area contributed by atoms with Crippen LogP contribution in [0.2, 0.25) is 0 Å². The van der Waals surface area contributed by atoms with E-state index in [2.05, 4.69) is 31.5 Å². The standard InChI is InChI=1S/C21H17BrN4O3/c22-14-7-8-19-25-15(10-20(27)26(19)13-14)11-23-18-6-2-1-5-17(18)21(28)24-12-16-4-3-9-29-16/h1-10,13,23H,11-12H2,(H,24,28). The van der Waals surface area contributed by atoms with Crippen LogP contribution in [0.1, 0.15) is 21.8 Å². The molecule has 0 saturated heterocycles. The van der Waals surface area contributed by atoms with Gasteiger partial charge in [-0.1, -0.05) is 12.1 Å². The third-order valence-electron chi connectivity index (χ3n) is 4.31. The minimum absolute atomic E-state index is 0.169. The van der Waals surface area contributed by atoms with Gasteiger partial charge in [0.05, 0.1) is 30.6 Å². The van der Waals surface area contributed by atoms with Crippen molar-refractivity contribution in [3.63, 3.8) is 0 Å². The monoisotopic (exact) mass is 452 g/mol. The van der Waals surface area contributed by atoms with Crippen LogP contribution in [-0.4, -0.2) is 15.3 Å². The zero-order chi connectivity index (χ0) is 20.2. The van der Waals surface area contributed by atoms with Crippen LogP contribution < -0.4 is 16.2 Å². The summed E-state index contributed by atoms with van der Waals surface area (Å²) in [5.41, 5.74) is 2.13. The summed E-state index contributed by atoms with van der Waals surface area (Å²) in [6.45, 7) is 0.614. The number of hydrogen-bond acceptors (Lipinski definition) is 5. The van der Waals surface area contributed by atoms with Crippen LogP contribution in [0.4, 0.5) is 5.69 Å². The van der Waals surface area contributed by atoms with E-state index in [1.165, 1.54) is 10.5 Å². The quantitative estimate of drug-likeness (QED) is 0.466. The number of anilines is 1. The van der Waals surface area contributed by atoms with Gasteiger partial charge in [0.15, 0.2) is 0 Å². The fourth-order valence-electron chi connectivity index (χ4n) is 2.91. The maximum atomic E-state index is 12.6. The molecule has 7 nitrogen and oxygen atoms in total. The molecular weight excluding hydrogens is 436 g/mol. The molecule has 0 atom stereocenters. The van der Waals surface area contributed by atoms with E-state index in [1.54, 1.807) is 42.8 Å². The summed E-state index contributed by atoms with van der Waals surface area (Å²) in [6.07, 6.45) is 3.25. The molecule has 1 amide bonds. The van der Waals surface area contributed by atoms with E-state index in [0.29, 0.717) is 41.4 Å². The van der Waals surface area contributed by atoms with Crippen LogP contribution in [0.3, 0.4) is 0 Å². The van der Waals surface area contributed by atoms with Crippen LogP contribution in [-0.2, 0) is 13.1 Å².